The summed E-state index contributed by atoms with van der Waals surface area (Å²) in [6, 6.07) is -1.16. The van der Waals surface area contributed by atoms with Crippen molar-refractivity contribution in [3.8, 4) is 0 Å². The number of carbonyl (C=O) groups is 2. The van der Waals surface area contributed by atoms with Gasteiger partial charge in [0.1, 0.15) is 6.04 Å². The second-order valence-corrected chi connectivity index (χ2v) is 3.53. The predicted octanol–water partition coefficient (Wildman–Crippen LogP) is 0.124. The van der Waals surface area contributed by atoms with E-state index in [0.29, 0.717) is 10.7 Å². The highest BCUT2D eigenvalue weighted by atomic mass is 79.9. The van der Waals surface area contributed by atoms with E-state index in [0.717, 1.165) is 0 Å². The second kappa shape index (κ2) is 9.57. The van der Waals surface area contributed by atoms with Gasteiger partial charge >= 0.3 is 5.97 Å². The molecular formula is C7H13Br2NO4. The Bertz CT molecular complexity index is 181. The van der Waals surface area contributed by atoms with Crippen LogP contribution in [0.5, 0.6) is 0 Å². The summed E-state index contributed by atoms with van der Waals surface area (Å²) in [6.07, 6.45) is -0.979. The Morgan fingerprint density at radius 2 is 1.71 bits per heavy atom. The highest BCUT2D eigenvalue weighted by Crippen LogP contribution is 1.86. The van der Waals surface area contributed by atoms with E-state index >= 15 is 0 Å². The predicted molar refractivity (Wildman–Crippen MR) is 59.9 cm³/mol. The molecule has 0 fully saturated rings. The first kappa shape index (κ1) is 16.4. The number of ketones is 1. The van der Waals surface area contributed by atoms with E-state index in [1.165, 1.54) is 6.92 Å². The Morgan fingerprint density at radius 1 is 1.36 bits per heavy atom. The number of rotatable bonds is 4. The van der Waals surface area contributed by atoms with Gasteiger partial charge in [-0.2, -0.15) is 0 Å². The molecule has 0 unspecified atom stereocenters. The highest BCUT2D eigenvalue weighted by molar-refractivity contribution is 9.10. The molecule has 0 saturated heterocycles. The number of aliphatic hydroxyl groups excluding tert-OH is 1. The molecular weight excluding hydrogens is 322 g/mol. The minimum atomic E-state index is -1.18. The van der Waals surface area contributed by atoms with Crippen molar-refractivity contribution >= 4 is 43.6 Å². The Balaban J connectivity index is 0. The lowest BCUT2D eigenvalue weighted by molar-refractivity contribution is -0.140. The van der Waals surface area contributed by atoms with Gasteiger partial charge in [-0.3, -0.25) is 9.59 Å². The van der Waals surface area contributed by atoms with Crippen molar-refractivity contribution < 1.29 is 19.8 Å². The number of halogens is 2. The third-order valence-corrected chi connectivity index (χ3v) is 2.35. The summed E-state index contributed by atoms with van der Waals surface area (Å²) >= 11 is 5.99. The van der Waals surface area contributed by atoms with E-state index in [2.05, 4.69) is 31.9 Å². The van der Waals surface area contributed by atoms with Crippen LogP contribution >= 0.6 is 31.9 Å². The summed E-state index contributed by atoms with van der Waals surface area (Å²) < 4.78 is 0. The van der Waals surface area contributed by atoms with Crippen LogP contribution < -0.4 is 5.73 Å². The van der Waals surface area contributed by atoms with Crippen molar-refractivity contribution in [3.05, 3.63) is 0 Å². The van der Waals surface area contributed by atoms with Crippen molar-refractivity contribution in [2.75, 3.05) is 10.7 Å². The molecule has 0 rings (SSSR count). The average Bonchev–Trinajstić information content (AvgIpc) is 2.15. The van der Waals surface area contributed by atoms with Gasteiger partial charge in [0.2, 0.25) is 0 Å². The van der Waals surface area contributed by atoms with Gasteiger partial charge in [0.25, 0.3) is 0 Å². The molecule has 7 heteroatoms. The first-order valence-electron chi connectivity index (χ1n) is 3.66. The van der Waals surface area contributed by atoms with Crippen LogP contribution in [0.3, 0.4) is 0 Å². The van der Waals surface area contributed by atoms with Crippen LogP contribution in [0.1, 0.15) is 6.92 Å². The molecule has 0 aromatic carbocycles. The molecule has 2 atom stereocenters. The van der Waals surface area contributed by atoms with Crippen molar-refractivity contribution in [2.24, 2.45) is 5.73 Å². The number of aliphatic carboxylic acids is 1. The first-order valence-corrected chi connectivity index (χ1v) is 5.91. The summed E-state index contributed by atoms with van der Waals surface area (Å²) in [5.41, 5.74) is 4.91. The van der Waals surface area contributed by atoms with Gasteiger partial charge in [-0.05, 0) is 6.92 Å². The monoisotopic (exact) mass is 333 g/mol. The molecule has 84 valence electrons. The van der Waals surface area contributed by atoms with Gasteiger partial charge in [0.15, 0.2) is 5.78 Å². The number of hydrogen-bond donors (Lipinski definition) is 3. The number of carboxylic acid groups (broad SMARTS) is 1. The van der Waals surface area contributed by atoms with Crippen LogP contribution in [0.4, 0.5) is 0 Å². The maximum absolute atomic E-state index is 10.1. The second-order valence-electron chi connectivity index (χ2n) is 2.41. The van der Waals surface area contributed by atoms with E-state index < -0.39 is 18.1 Å². The quantitative estimate of drug-likeness (QED) is 0.634. The third-order valence-electron chi connectivity index (χ3n) is 1.10. The van der Waals surface area contributed by atoms with E-state index in [9.17, 15) is 9.59 Å². The Labute approximate surface area is 98.9 Å². The van der Waals surface area contributed by atoms with Crippen LogP contribution in [0, 0.1) is 0 Å². The zero-order valence-electron chi connectivity index (χ0n) is 7.61. The first-order chi connectivity index (χ1) is 6.36. The summed E-state index contributed by atoms with van der Waals surface area (Å²) in [7, 11) is 0. The van der Waals surface area contributed by atoms with E-state index in [4.69, 9.17) is 15.9 Å². The zero-order valence-corrected chi connectivity index (χ0v) is 10.8. The van der Waals surface area contributed by atoms with Crippen LogP contribution in [0.15, 0.2) is 0 Å². The fourth-order valence-electron chi connectivity index (χ4n) is 0.242. The van der Waals surface area contributed by atoms with Crippen molar-refractivity contribution in [2.45, 2.75) is 19.1 Å². The normalized spacial score (nSPS) is 13.5. The van der Waals surface area contributed by atoms with Crippen LogP contribution in [-0.4, -0.2) is 44.8 Å². The summed E-state index contributed by atoms with van der Waals surface area (Å²) in [4.78, 5) is 19.9. The smallest absolute Gasteiger partial charge is 0.323 e. The maximum atomic E-state index is 10.1. The molecule has 4 N–H and O–H groups in total. The maximum Gasteiger partial charge on any atom is 0.323 e. The molecule has 0 spiro atoms. The Kier molecular flexibility index (Phi) is 11.2. The molecule has 5 nitrogen and oxygen atoms in total. The summed E-state index contributed by atoms with van der Waals surface area (Å²) in [5, 5.41) is 17.5. The number of carbonyl (C=O) groups excluding carboxylic acids is 1. The lowest BCUT2D eigenvalue weighted by Gasteiger charge is -2.06. The fourth-order valence-corrected chi connectivity index (χ4v) is 1.17. The molecule has 0 radical (unpaired) electrons. The fraction of sp³-hybridized carbons (Fsp3) is 0.714. The van der Waals surface area contributed by atoms with Crippen LogP contribution in [-0.2, 0) is 9.59 Å². The highest BCUT2D eigenvalue weighted by Gasteiger charge is 2.16. The van der Waals surface area contributed by atoms with Gasteiger partial charge in [0, 0.05) is 0 Å². The molecule has 0 bridgehead atoms. The van der Waals surface area contributed by atoms with Crippen LogP contribution in [0.25, 0.3) is 0 Å². The molecule has 0 aliphatic heterocycles. The standard InChI is InChI=1S/C4H9NO3.C3H4Br2O/c1-2(6)3(5)4(7)8;4-1-3(6)2-5/h2-3,6H,5H2,1H3,(H,7,8);1-2H2/t2-,3+;/m1./s1. The van der Waals surface area contributed by atoms with Gasteiger partial charge in [-0.25, -0.2) is 0 Å². The molecule has 14 heavy (non-hydrogen) atoms. The zero-order chi connectivity index (χ0) is 11.7. The SMILES string of the molecule is C[C@@H](O)[C@H](N)C(=O)O.O=C(CBr)CBr. The Morgan fingerprint density at radius 3 is 1.71 bits per heavy atom. The number of nitrogens with two attached hydrogens (primary N) is 1. The average molecular weight is 335 g/mol. The number of alkyl halides is 2. The third kappa shape index (κ3) is 10.1. The van der Waals surface area contributed by atoms with Gasteiger partial charge in [-0.1, -0.05) is 31.9 Å². The molecule has 0 heterocycles. The summed E-state index contributed by atoms with van der Waals surface area (Å²) in [5.74, 6) is -1.00. The molecule has 0 aliphatic carbocycles. The molecule has 0 aromatic rings. The molecule has 0 aromatic heterocycles. The molecule has 0 aliphatic rings. The largest absolute Gasteiger partial charge is 0.480 e. The van der Waals surface area contributed by atoms with Gasteiger partial charge in [-0.15, -0.1) is 0 Å². The lowest BCUT2D eigenvalue weighted by atomic mass is 10.2. The van der Waals surface area contributed by atoms with Gasteiger partial charge < -0.3 is 15.9 Å². The van der Waals surface area contributed by atoms with Crippen molar-refractivity contribution in [1.82, 2.24) is 0 Å². The number of hydrogen-bond acceptors (Lipinski definition) is 4. The summed E-state index contributed by atoms with van der Waals surface area (Å²) in [6.45, 7) is 1.33. The lowest BCUT2D eigenvalue weighted by Crippen LogP contribution is -2.39. The van der Waals surface area contributed by atoms with Crippen molar-refractivity contribution in [1.29, 1.82) is 0 Å². The Hall–Kier alpha value is 0.0200. The minimum absolute atomic E-state index is 0.176. The van der Waals surface area contributed by atoms with Gasteiger partial charge in [0.05, 0.1) is 16.8 Å². The van der Waals surface area contributed by atoms with E-state index in [-0.39, 0.29) is 5.78 Å². The molecule has 0 amide bonds. The number of carboxylic acids is 1. The number of aliphatic hydroxyl groups is 1. The number of Topliss-reactive ketones (excluding diaryl/α,β-unsaturated/α-hetero) is 1. The topological polar surface area (TPSA) is 101 Å². The van der Waals surface area contributed by atoms with Crippen LogP contribution in [0.2, 0.25) is 0 Å². The molecule has 0 saturated carbocycles. The van der Waals surface area contributed by atoms with Crippen molar-refractivity contribution in [3.63, 3.8) is 0 Å². The van der Waals surface area contributed by atoms with E-state index in [1.807, 2.05) is 0 Å². The van der Waals surface area contributed by atoms with E-state index in [1.54, 1.807) is 0 Å². The minimum Gasteiger partial charge on any atom is -0.480 e.